The van der Waals surface area contributed by atoms with Crippen LogP contribution in [0.25, 0.3) is 0 Å². The van der Waals surface area contributed by atoms with Crippen molar-refractivity contribution in [1.82, 2.24) is 15.2 Å². The predicted octanol–water partition coefficient (Wildman–Crippen LogP) is 1.15. The van der Waals surface area contributed by atoms with Crippen LogP contribution in [0.4, 0.5) is 19.1 Å². The molecule has 2 N–H and O–H groups in total. The number of alkyl halides is 3. The van der Waals surface area contributed by atoms with E-state index in [9.17, 15) is 13.2 Å². The number of anilines is 1. The standard InChI is InChI=1S/C5H6F3N5/c1-3(5(6,7)8)11-13-4-9-2-10-12-4/h2H,1H3,(H2,9,10,12,13)/b11-3+. The van der Waals surface area contributed by atoms with Crippen molar-refractivity contribution < 1.29 is 13.2 Å². The highest BCUT2D eigenvalue weighted by atomic mass is 19.4. The zero-order valence-corrected chi connectivity index (χ0v) is 6.55. The second-order valence-electron chi connectivity index (χ2n) is 2.14. The third-order valence-electron chi connectivity index (χ3n) is 1.15. The van der Waals surface area contributed by atoms with Crippen molar-refractivity contribution in [3.05, 3.63) is 6.33 Å². The van der Waals surface area contributed by atoms with Gasteiger partial charge in [-0.2, -0.15) is 28.4 Å². The Morgan fingerprint density at radius 3 is 2.77 bits per heavy atom. The van der Waals surface area contributed by atoms with E-state index in [0.29, 0.717) is 0 Å². The lowest BCUT2D eigenvalue weighted by atomic mass is 10.4. The first-order valence-electron chi connectivity index (χ1n) is 3.23. The molecule has 0 aliphatic heterocycles. The third kappa shape index (κ3) is 2.73. The van der Waals surface area contributed by atoms with Gasteiger partial charge in [0.15, 0.2) is 0 Å². The van der Waals surface area contributed by atoms with Crippen molar-refractivity contribution >= 4 is 11.7 Å². The average molecular weight is 193 g/mol. The van der Waals surface area contributed by atoms with Gasteiger partial charge < -0.3 is 0 Å². The van der Waals surface area contributed by atoms with Crippen LogP contribution in [0.15, 0.2) is 11.4 Å². The predicted molar refractivity (Wildman–Crippen MR) is 39.2 cm³/mol. The number of nitrogens with zero attached hydrogens (tertiary/aromatic N) is 3. The van der Waals surface area contributed by atoms with Gasteiger partial charge in [-0.3, -0.25) is 0 Å². The minimum absolute atomic E-state index is 0.0589. The fourth-order valence-electron chi connectivity index (χ4n) is 0.460. The summed E-state index contributed by atoms with van der Waals surface area (Å²) in [5.74, 6) is 0.0589. The quantitative estimate of drug-likeness (QED) is 0.547. The minimum Gasteiger partial charge on any atom is -0.245 e. The summed E-state index contributed by atoms with van der Waals surface area (Å²) in [6.07, 6.45) is -3.27. The first-order chi connectivity index (χ1) is 6.00. The molecule has 13 heavy (non-hydrogen) atoms. The van der Waals surface area contributed by atoms with Gasteiger partial charge in [-0.05, 0) is 6.92 Å². The number of halogens is 3. The molecule has 0 radical (unpaired) electrons. The fraction of sp³-hybridized carbons (Fsp3) is 0.400. The van der Waals surface area contributed by atoms with Gasteiger partial charge in [-0.1, -0.05) is 0 Å². The second kappa shape index (κ2) is 3.42. The van der Waals surface area contributed by atoms with Crippen molar-refractivity contribution in [2.75, 3.05) is 5.43 Å². The van der Waals surface area contributed by atoms with Gasteiger partial charge in [0.25, 0.3) is 0 Å². The van der Waals surface area contributed by atoms with Crippen LogP contribution in [-0.2, 0) is 0 Å². The monoisotopic (exact) mass is 193 g/mol. The molecule has 0 unspecified atom stereocenters. The van der Waals surface area contributed by atoms with Gasteiger partial charge in [0.05, 0.1) is 0 Å². The van der Waals surface area contributed by atoms with Crippen molar-refractivity contribution in [1.29, 1.82) is 0 Å². The van der Waals surface area contributed by atoms with Crippen molar-refractivity contribution in [2.45, 2.75) is 13.1 Å². The summed E-state index contributed by atoms with van der Waals surface area (Å²) in [5.41, 5.74) is 1.09. The molecule has 0 saturated carbocycles. The maximum absolute atomic E-state index is 11.9. The average Bonchev–Trinajstić information content (AvgIpc) is 2.50. The Labute approximate surface area is 71.1 Å². The van der Waals surface area contributed by atoms with Crippen LogP contribution in [-0.4, -0.2) is 27.1 Å². The van der Waals surface area contributed by atoms with E-state index in [1.165, 1.54) is 0 Å². The Hall–Kier alpha value is -1.60. The van der Waals surface area contributed by atoms with Crippen LogP contribution in [0.2, 0.25) is 0 Å². The van der Waals surface area contributed by atoms with Gasteiger partial charge in [-0.15, -0.1) is 0 Å². The van der Waals surface area contributed by atoms with Crippen molar-refractivity contribution in [3.63, 3.8) is 0 Å². The Balaban J connectivity index is 2.59. The van der Waals surface area contributed by atoms with Crippen LogP contribution in [0, 0.1) is 0 Å². The molecule has 0 bridgehead atoms. The molecule has 0 saturated heterocycles. The Morgan fingerprint density at radius 1 is 1.62 bits per heavy atom. The molecule has 1 heterocycles. The molecule has 1 aromatic rings. The molecule has 8 heteroatoms. The highest BCUT2D eigenvalue weighted by Gasteiger charge is 2.32. The number of nitrogens with one attached hydrogen (secondary N) is 2. The van der Waals surface area contributed by atoms with Crippen LogP contribution in [0.5, 0.6) is 0 Å². The van der Waals surface area contributed by atoms with E-state index in [-0.39, 0.29) is 5.95 Å². The summed E-state index contributed by atoms with van der Waals surface area (Å²) in [7, 11) is 0. The highest BCUT2D eigenvalue weighted by Crippen LogP contribution is 2.16. The normalized spacial score (nSPS) is 13.1. The Kier molecular flexibility index (Phi) is 2.49. The van der Waals surface area contributed by atoms with E-state index >= 15 is 0 Å². The lowest BCUT2D eigenvalue weighted by Crippen LogP contribution is -2.20. The van der Waals surface area contributed by atoms with E-state index in [1.54, 1.807) is 0 Å². The summed E-state index contributed by atoms with van der Waals surface area (Å²) in [4.78, 5) is 3.52. The molecule has 0 atom stereocenters. The van der Waals surface area contributed by atoms with Crippen molar-refractivity contribution in [2.24, 2.45) is 5.10 Å². The first kappa shape index (κ1) is 9.49. The number of hydrazone groups is 1. The number of hydrogen-bond donors (Lipinski definition) is 2. The number of aromatic nitrogens is 3. The number of H-pyrrole nitrogens is 1. The zero-order valence-electron chi connectivity index (χ0n) is 6.55. The molecular formula is C5H6F3N5. The summed E-state index contributed by atoms with van der Waals surface area (Å²) >= 11 is 0. The minimum atomic E-state index is -4.42. The van der Waals surface area contributed by atoms with E-state index in [4.69, 9.17) is 0 Å². The maximum atomic E-state index is 11.9. The topological polar surface area (TPSA) is 66.0 Å². The SMILES string of the molecule is C/C(=N\Nc1ncn[nH]1)C(F)(F)F. The molecule has 1 rings (SSSR count). The van der Waals surface area contributed by atoms with Gasteiger partial charge in [-0.25, -0.2) is 10.5 Å². The van der Waals surface area contributed by atoms with Gasteiger partial charge >= 0.3 is 6.18 Å². The smallest absolute Gasteiger partial charge is 0.245 e. The summed E-state index contributed by atoms with van der Waals surface area (Å²) in [5, 5.41) is 8.76. The summed E-state index contributed by atoms with van der Waals surface area (Å²) < 4.78 is 35.6. The lowest BCUT2D eigenvalue weighted by Gasteiger charge is -2.04. The summed E-state index contributed by atoms with van der Waals surface area (Å²) in [6, 6.07) is 0. The Morgan fingerprint density at radius 2 is 2.31 bits per heavy atom. The molecule has 0 spiro atoms. The van der Waals surface area contributed by atoms with Gasteiger partial charge in [0.1, 0.15) is 12.0 Å². The molecule has 72 valence electrons. The molecule has 1 aromatic heterocycles. The molecular weight excluding hydrogens is 187 g/mol. The van der Waals surface area contributed by atoms with E-state index in [0.717, 1.165) is 13.3 Å². The van der Waals surface area contributed by atoms with E-state index in [2.05, 4.69) is 25.7 Å². The highest BCUT2D eigenvalue weighted by molar-refractivity contribution is 5.87. The molecule has 0 aromatic carbocycles. The lowest BCUT2D eigenvalue weighted by molar-refractivity contribution is -0.0592. The Bertz CT molecular complexity index is 288. The van der Waals surface area contributed by atoms with Gasteiger partial charge in [0, 0.05) is 0 Å². The molecule has 0 aliphatic carbocycles. The third-order valence-corrected chi connectivity index (χ3v) is 1.15. The number of aromatic amines is 1. The summed E-state index contributed by atoms with van der Waals surface area (Å²) in [6.45, 7) is 0.851. The molecule has 0 aliphatic rings. The molecule has 0 amide bonds. The fourth-order valence-corrected chi connectivity index (χ4v) is 0.460. The number of hydrogen-bond acceptors (Lipinski definition) is 4. The molecule has 0 fully saturated rings. The van der Waals surface area contributed by atoms with Gasteiger partial charge in [0.2, 0.25) is 5.95 Å². The van der Waals surface area contributed by atoms with Crippen LogP contribution < -0.4 is 5.43 Å². The largest absolute Gasteiger partial charge is 0.430 e. The molecule has 5 nitrogen and oxygen atoms in total. The zero-order chi connectivity index (χ0) is 9.90. The van der Waals surface area contributed by atoms with E-state index < -0.39 is 11.9 Å². The second-order valence-corrected chi connectivity index (χ2v) is 2.14. The maximum Gasteiger partial charge on any atom is 0.430 e. The van der Waals surface area contributed by atoms with Crippen LogP contribution >= 0.6 is 0 Å². The number of rotatable bonds is 2. The first-order valence-corrected chi connectivity index (χ1v) is 3.23. The van der Waals surface area contributed by atoms with Crippen LogP contribution in [0.3, 0.4) is 0 Å². The van der Waals surface area contributed by atoms with Crippen LogP contribution in [0.1, 0.15) is 6.92 Å². The van der Waals surface area contributed by atoms with E-state index in [1.807, 2.05) is 0 Å². The van der Waals surface area contributed by atoms with Crippen molar-refractivity contribution in [3.8, 4) is 0 Å².